The van der Waals surface area contributed by atoms with Crippen LogP contribution in [0.25, 0.3) is 0 Å². The predicted molar refractivity (Wildman–Crippen MR) is 137 cm³/mol. The summed E-state index contributed by atoms with van der Waals surface area (Å²) in [5, 5.41) is 45.9. The molecule has 0 aromatic carbocycles. The predicted octanol–water partition coefficient (Wildman–Crippen LogP) is -3.40. The normalized spacial score (nSPS) is 15.3. The molecular weight excluding hydrogens is 536 g/mol. The van der Waals surface area contributed by atoms with E-state index in [1.807, 2.05) is 0 Å². The van der Waals surface area contributed by atoms with Gasteiger partial charge < -0.3 is 53.2 Å². The molecule has 0 saturated heterocycles. The van der Waals surface area contributed by atoms with Gasteiger partial charge in [-0.05, 0) is 52.5 Å². The van der Waals surface area contributed by atoms with Crippen molar-refractivity contribution in [1.29, 1.82) is 0 Å². The number of aliphatic hydroxyl groups excluding tert-OH is 1. The van der Waals surface area contributed by atoms with Crippen molar-refractivity contribution < 1.29 is 54.0 Å². The molecule has 0 saturated carbocycles. The monoisotopic (exact) mass is 576 g/mol. The fourth-order valence-electron chi connectivity index (χ4n) is 3.26. The second kappa shape index (κ2) is 18.5. The summed E-state index contributed by atoms with van der Waals surface area (Å²) in [6.07, 6.45) is -2.37. The Morgan fingerprint density at radius 1 is 0.650 bits per heavy atom. The van der Waals surface area contributed by atoms with E-state index in [-0.39, 0.29) is 6.42 Å². The van der Waals surface area contributed by atoms with Crippen LogP contribution in [0, 0.1) is 0 Å². The van der Waals surface area contributed by atoms with Crippen LogP contribution in [0.15, 0.2) is 0 Å². The van der Waals surface area contributed by atoms with Gasteiger partial charge in [0, 0.05) is 12.8 Å². The molecule has 0 aromatic rings. The van der Waals surface area contributed by atoms with Gasteiger partial charge in [-0.3, -0.25) is 28.8 Å². The number of carboxylic acid groups (broad SMARTS) is 3. The average Bonchev–Trinajstić information content (AvgIpc) is 2.86. The first kappa shape index (κ1) is 36.2. The Morgan fingerprint density at radius 2 is 1.10 bits per heavy atom. The van der Waals surface area contributed by atoms with Crippen LogP contribution in [0.1, 0.15) is 58.8 Å². The van der Waals surface area contributed by atoms with Gasteiger partial charge >= 0.3 is 17.9 Å². The highest BCUT2D eigenvalue weighted by Gasteiger charge is 2.31. The van der Waals surface area contributed by atoms with Gasteiger partial charge in [0.15, 0.2) is 0 Å². The van der Waals surface area contributed by atoms with Crippen LogP contribution in [-0.2, 0) is 33.6 Å². The van der Waals surface area contributed by atoms with Crippen molar-refractivity contribution in [3.8, 4) is 0 Å². The molecule has 17 heteroatoms. The standard InChI is InChI=1S/C23H40N6O11/c1-11(26-22(38)18(25)12(2)30)19(35)27-13(6-8-16(31)32)20(36)28-14(7-9-17(33)34)21(37)29-15(23(39)40)5-3-4-10-24/h11-15,18,30H,3-10,24-25H2,1-2H3,(H,26,38)(H,27,35)(H,28,36)(H,29,37)(H,31,32)(H,33,34)(H,39,40). The zero-order valence-electron chi connectivity index (χ0n) is 22.4. The van der Waals surface area contributed by atoms with Crippen LogP contribution < -0.4 is 32.7 Å². The number of hydrogen-bond acceptors (Lipinski definition) is 10. The zero-order chi connectivity index (χ0) is 31.0. The lowest BCUT2D eigenvalue weighted by atomic mass is 10.1. The molecule has 6 atom stereocenters. The van der Waals surface area contributed by atoms with Crippen LogP contribution in [0.3, 0.4) is 0 Å². The third kappa shape index (κ3) is 14.4. The Hall–Kier alpha value is -3.83. The first-order valence-corrected chi connectivity index (χ1v) is 12.6. The van der Waals surface area contributed by atoms with Crippen LogP contribution in [-0.4, -0.2) is 105 Å². The summed E-state index contributed by atoms with van der Waals surface area (Å²) < 4.78 is 0. The minimum Gasteiger partial charge on any atom is -0.481 e. The molecule has 228 valence electrons. The number of aliphatic carboxylic acids is 3. The Balaban J connectivity index is 5.69. The van der Waals surface area contributed by atoms with Gasteiger partial charge in [0.05, 0.1) is 6.10 Å². The third-order valence-corrected chi connectivity index (χ3v) is 5.70. The molecule has 6 unspecified atom stereocenters. The maximum absolute atomic E-state index is 13.0. The second-order valence-electron chi connectivity index (χ2n) is 9.17. The molecule has 4 amide bonds. The van der Waals surface area contributed by atoms with Gasteiger partial charge in [-0.25, -0.2) is 4.79 Å². The molecule has 12 N–H and O–H groups in total. The Morgan fingerprint density at radius 3 is 1.50 bits per heavy atom. The quantitative estimate of drug-likeness (QED) is 0.0633. The molecule has 0 heterocycles. The summed E-state index contributed by atoms with van der Waals surface area (Å²) in [6, 6.07) is -7.03. The molecule has 40 heavy (non-hydrogen) atoms. The maximum atomic E-state index is 13.0. The van der Waals surface area contributed by atoms with E-state index in [1.165, 1.54) is 13.8 Å². The van der Waals surface area contributed by atoms with Crippen LogP contribution in [0.4, 0.5) is 0 Å². The van der Waals surface area contributed by atoms with Crippen molar-refractivity contribution in [2.75, 3.05) is 6.54 Å². The van der Waals surface area contributed by atoms with E-state index in [1.54, 1.807) is 0 Å². The van der Waals surface area contributed by atoms with E-state index in [4.69, 9.17) is 21.7 Å². The van der Waals surface area contributed by atoms with Crippen molar-refractivity contribution in [2.45, 2.75) is 95.1 Å². The number of hydrogen-bond donors (Lipinski definition) is 10. The SMILES string of the molecule is CC(NC(=O)C(N)C(C)O)C(=O)NC(CCC(=O)O)C(=O)NC(CCC(=O)O)C(=O)NC(CCCCN)C(=O)O. The molecule has 0 radical (unpaired) electrons. The number of rotatable bonds is 20. The molecule has 0 fully saturated rings. The Bertz CT molecular complexity index is 914. The van der Waals surface area contributed by atoms with E-state index in [2.05, 4.69) is 21.3 Å². The van der Waals surface area contributed by atoms with Gasteiger partial charge in [-0.15, -0.1) is 0 Å². The number of carboxylic acids is 3. The summed E-state index contributed by atoms with van der Waals surface area (Å²) in [4.78, 5) is 84.2. The number of carbonyl (C=O) groups excluding carboxylic acids is 4. The maximum Gasteiger partial charge on any atom is 0.326 e. The molecule has 0 bridgehead atoms. The van der Waals surface area contributed by atoms with Crippen molar-refractivity contribution in [1.82, 2.24) is 21.3 Å². The lowest BCUT2D eigenvalue weighted by Crippen LogP contribution is -2.58. The lowest BCUT2D eigenvalue weighted by molar-refractivity contribution is -0.143. The van der Waals surface area contributed by atoms with Gasteiger partial charge in [0.1, 0.15) is 30.2 Å². The fourth-order valence-corrected chi connectivity index (χ4v) is 3.26. The van der Waals surface area contributed by atoms with Crippen molar-refractivity contribution in [3.63, 3.8) is 0 Å². The molecule has 17 nitrogen and oxygen atoms in total. The summed E-state index contributed by atoms with van der Waals surface area (Å²) >= 11 is 0. The first-order valence-electron chi connectivity index (χ1n) is 12.6. The zero-order valence-corrected chi connectivity index (χ0v) is 22.4. The van der Waals surface area contributed by atoms with Crippen LogP contribution >= 0.6 is 0 Å². The lowest BCUT2D eigenvalue weighted by Gasteiger charge is -2.25. The molecular formula is C23H40N6O11. The number of carbonyl (C=O) groups is 7. The van der Waals surface area contributed by atoms with E-state index in [0.717, 1.165) is 0 Å². The molecule has 0 aromatic heterocycles. The van der Waals surface area contributed by atoms with Crippen molar-refractivity contribution in [3.05, 3.63) is 0 Å². The first-order chi connectivity index (χ1) is 18.6. The largest absolute Gasteiger partial charge is 0.481 e. The number of amides is 4. The minimum absolute atomic E-state index is 0.0253. The molecule has 0 aliphatic rings. The highest BCUT2D eigenvalue weighted by atomic mass is 16.4. The highest BCUT2D eigenvalue weighted by Crippen LogP contribution is 2.07. The van der Waals surface area contributed by atoms with E-state index >= 15 is 0 Å². The van der Waals surface area contributed by atoms with Crippen LogP contribution in [0.5, 0.6) is 0 Å². The van der Waals surface area contributed by atoms with E-state index in [9.17, 15) is 43.8 Å². The summed E-state index contributed by atoms with van der Waals surface area (Å²) in [5.41, 5.74) is 10.9. The van der Waals surface area contributed by atoms with Crippen LogP contribution in [0.2, 0.25) is 0 Å². The third-order valence-electron chi connectivity index (χ3n) is 5.70. The van der Waals surface area contributed by atoms with Gasteiger partial charge in [0.25, 0.3) is 0 Å². The molecule has 0 aliphatic carbocycles. The molecule has 0 spiro atoms. The van der Waals surface area contributed by atoms with Crippen molar-refractivity contribution >= 4 is 41.5 Å². The van der Waals surface area contributed by atoms with Crippen molar-refractivity contribution in [2.24, 2.45) is 11.5 Å². The van der Waals surface area contributed by atoms with E-state index < -0.39 is 104 Å². The van der Waals surface area contributed by atoms with E-state index in [0.29, 0.717) is 19.4 Å². The number of nitrogens with two attached hydrogens (primary N) is 2. The second-order valence-corrected chi connectivity index (χ2v) is 9.17. The number of unbranched alkanes of at least 4 members (excludes halogenated alkanes) is 1. The topological polar surface area (TPSA) is 301 Å². The number of aliphatic hydroxyl groups is 1. The fraction of sp³-hybridized carbons (Fsp3) is 0.696. The summed E-state index contributed by atoms with van der Waals surface area (Å²) in [7, 11) is 0. The van der Waals surface area contributed by atoms with Gasteiger partial charge in [-0.1, -0.05) is 0 Å². The average molecular weight is 577 g/mol. The van der Waals surface area contributed by atoms with Gasteiger partial charge in [0.2, 0.25) is 23.6 Å². The number of nitrogens with one attached hydrogen (secondary N) is 4. The molecule has 0 rings (SSSR count). The molecule has 0 aliphatic heterocycles. The smallest absolute Gasteiger partial charge is 0.326 e. The Labute approximate surface area is 230 Å². The Kier molecular flexibility index (Phi) is 16.7. The highest BCUT2D eigenvalue weighted by molar-refractivity contribution is 5.95. The summed E-state index contributed by atoms with van der Waals surface area (Å²) in [6.45, 7) is 2.81. The minimum atomic E-state index is -1.54. The van der Waals surface area contributed by atoms with Gasteiger partial charge in [-0.2, -0.15) is 0 Å². The summed E-state index contributed by atoms with van der Waals surface area (Å²) in [5.74, 6) is -7.80.